The van der Waals surface area contributed by atoms with Crippen molar-refractivity contribution < 1.29 is 9.72 Å². The van der Waals surface area contributed by atoms with Crippen molar-refractivity contribution >= 4 is 23.4 Å². The molecular weight excluding hydrogens is 240 g/mol. The number of carbonyl (C=O) groups is 1. The number of rotatable bonds is 6. The lowest BCUT2D eigenvalue weighted by molar-refractivity contribution is -0.384. The molecule has 9 nitrogen and oxygen atoms in total. The largest absolute Gasteiger partial charge is 0.362 e. The van der Waals surface area contributed by atoms with Gasteiger partial charge in [-0.05, 0) is 0 Å². The number of anilines is 2. The zero-order chi connectivity index (χ0) is 13.5. The van der Waals surface area contributed by atoms with Gasteiger partial charge in [-0.2, -0.15) is 4.98 Å². The molecule has 0 fully saturated rings. The Morgan fingerprint density at radius 1 is 1.50 bits per heavy atom. The Kier molecular flexibility index (Phi) is 4.78. The Labute approximate surface area is 103 Å². The quantitative estimate of drug-likeness (QED) is 0.370. The Morgan fingerprint density at radius 2 is 2.22 bits per heavy atom. The van der Waals surface area contributed by atoms with Crippen LogP contribution in [0.2, 0.25) is 0 Å². The standard InChI is InChI=1S/C9H14N6O3/c1-6(16)11-3-4-12-8-7(15(17)18)5-13-9(10-2)14-8/h5H,3-4H2,1-2H3,(H,11,16)(H2,10,12,13,14). The van der Waals surface area contributed by atoms with Gasteiger partial charge in [0.2, 0.25) is 17.7 Å². The van der Waals surface area contributed by atoms with Crippen molar-refractivity contribution in [3.63, 3.8) is 0 Å². The number of nitrogens with one attached hydrogen (secondary N) is 3. The fraction of sp³-hybridized carbons (Fsp3) is 0.444. The van der Waals surface area contributed by atoms with Crippen molar-refractivity contribution in [2.24, 2.45) is 0 Å². The molecule has 3 N–H and O–H groups in total. The number of carbonyl (C=O) groups excluding carboxylic acids is 1. The molecule has 0 aliphatic carbocycles. The van der Waals surface area contributed by atoms with E-state index in [-0.39, 0.29) is 23.4 Å². The maximum Gasteiger partial charge on any atom is 0.329 e. The number of nitrogens with zero attached hydrogens (tertiary/aromatic N) is 3. The molecule has 0 saturated heterocycles. The van der Waals surface area contributed by atoms with Crippen LogP contribution in [0.4, 0.5) is 17.5 Å². The first kappa shape index (κ1) is 13.6. The van der Waals surface area contributed by atoms with Crippen LogP contribution < -0.4 is 16.0 Å². The second-order valence-electron chi connectivity index (χ2n) is 3.34. The normalized spacial score (nSPS) is 9.67. The van der Waals surface area contributed by atoms with Gasteiger partial charge in [0.05, 0.1) is 4.92 Å². The molecule has 0 unspecified atom stereocenters. The molecule has 0 atom stereocenters. The maximum atomic E-state index is 10.8. The number of hydrogen-bond acceptors (Lipinski definition) is 7. The first-order valence-corrected chi connectivity index (χ1v) is 5.22. The van der Waals surface area contributed by atoms with Crippen LogP contribution in [0.5, 0.6) is 0 Å². The smallest absolute Gasteiger partial charge is 0.329 e. The van der Waals surface area contributed by atoms with Crippen molar-refractivity contribution in [3.05, 3.63) is 16.3 Å². The third-order valence-corrected chi connectivity index (χ3v) is 1.98. The number of hydrogen-bond donors (Lipinski definition) is 3. The average molecular weight is 254 g/mol. The number of nitro groups is 1. The van der Waals surface area contributed by atoms with E-state index in [1.807, 2.05) is 0 Å². The molecule has 18 heavy (non-hydrogen) atoms. The molecule has 9 heteroatoms. The van der Waals surface area contributed by atoms with E-state index >= 15 is 0 Å². The van der Waals surface area contributed by atoms with Crippen LogP contribution in [-0.2, 0) is 4.79 Å². The molecule has 0 saturated carbocycles. The van der Waals surface area contributed by atoms with Gasteiger partial charge in [0.1, 0.15) is 6.20 Å². The van der Waals surface area contributed by atoms with E-state index in [9.17, 15) is 14.9 Å². The van der Waals surface area contributed by atoms with Gasteiger partial charge < -0.3 is 16.0 Å². The van der Waals surface area contributed by atoms with Gasteiger partial charge in [-0.25, -0.2) is 4.98 Å². The first-order chi connectivity index (χ1) is 8.54. The minimum absolute atomic E-state index is 0.115. The summed E-state index contributed by atoms with van der Waals surface area (Å²) in [5, 5.41) is 18.8. The summed E-state index contributed by atoms with van der Waals surface area (Å²) in [6.45, 7) is 2.08. The third-order valence-electron chi connectivity index (χ3n) is 1.98. The van der Waals surface area contributed by atoms with Crippen LogP contribution in [0.1, 0.15) is 6.92 Å². The van der Waals surface area contributed by atoms with E-state index in [0.717, 1.165) is 6.20 Å². The molecule has 0 radical (unpaired) electrons. The highest BCUT2D eigenvalue weighted by Crippen LogP contribution is 2.21. The minimum Gasteiger partial charge on any atom is -0.362 e. The number of aromatic nitrogens is 2. The highest BCUT2D eigenvalue weighted by Gasteiger charge is 2.16. The molecule has 0 aromatic carbocycles. The summed E-state index contributed by atoms with van der Waals surface area (Å²) < 4.78 is 0. The van der Waals surface area contributed by atoms with E-state index in [1.165, 1.54) is 6.92 Å². The van der Waals surface area contributed by atoms with E-state index < -0.39 is 4.92 Å². The van der Waals surface area contributed by atoms with Crippen LogP contribution in [0.25, 0.3) is 0 Å². The highest BCUT2D eigenvalue weighted by molar-refractivity contribution is 5.72. The minimum atomic E-state index is -0.569. The Bertz CT molecular complexity index is 450. The summed E-state index contributed by atoms with van der Waals surface area (Å²) in [6.07, 6.45) is 1.12. The molecule has 0 bridgehead atoms. The average Bonchev–Trinajstić information content (AvgIpc) is 2.33. The topological polar surface area (TPSA) is 122 Å². The molecule has 98 valence electrons. The van der Waals surface area contributed by atoms with Crippen molar-refractivity contribution in [2.45, 2.75) is 6.92 Å². The van der Waals surface area contributed by atoms with Gasteiger partial charge >= 0.3 is 5.69 Å². The summed E-state index contributed by atoms with van der Waals surface area (Å²) in [4.78, 5) is 28.5. The van der Waals surface area contributed by atoms with E-state index in [2.05, 4.69) is 25.9 Å². The van der Waals surface area contributed by atoms with Gasteiger partial charge in [-0.3, -0.25) is 14.9 Å². The second kappa shape index (κ2) is 6.33. The van der Waals surface area contributed by atoms with Gasteiger partial charge in [0, 0.05) is 27.1 Å². The molecule has 1 heterocycles. The van der Waals surface area contributed by atoms with Gasteiger partial charge in [-0.15, -0.1) is 0 Å². The summed E-state index contributed by atoms with van der Waals surface area (Å²) in [6, 6.07) is 0. The molecule has 0 spiro atoms. The van der Waals surface area contributed by atoms with Gasteiger partial charge in [0.25, 0.3) is 0 Å². The van der Waals surface area contributed by atoms with Gasteiger partial charge in [-0.1, -0.05) is 0 Å². The van der Waals surface area contributed by atoms with Crippen molar-refractivity contribution in [2.75, 3.05) is 30.8 Å². The van der Waals surface area contributed by atoms with Crippen molar-refractivity contribution in [3.8, 4) is 0 Å². The molecule has 1 aromatic heterocycles. The predicted octanol–water partition coefficient (Wildman–Crippen LogP) is -0.0255. The van der Waals surface area contributed by atoms with Crippen LogP contribution in [0.3, 0.4) is 0 Å². The zero-order valence-corrected chi connectivity index (χ0v) is 10.1. The summed E-state index contributed by atoms with van der Waals surface area (Å²) in [7, 11) is 1.61. The molecule has 1 rings (SSSR count). The summed E-state index contributed by atoms with van der Waals surface area (Å²) >= 11 is 0. The van der Waals surface area contributed by atoms with Crippen LogP contribution in [0.15, 0.2) is 6.20 Å². The SMILES string of the molecule is CNc1ncc([N+](=O)[O-])c(NCCNC(C)=O)n1. The fourth-order valence-electron chi connectivity index (χ4n) is 1.18. The monoisotopic (exact) mass is 254 g/mol. The second-order valence-corrected chi connectivity index (χ2v) is 3.34. The fourth-order valence-corrected chi connectivity index (χ4v) is 1.18. The van der Waals surface area contributed by atoms with Crippen LogP contribution in [-0.4, -0.2) is 40.9 Å². The highest BCUT2D eigenvalue weighted by atomic mass is 16.6. The lowest BCUT2D eigenvalue weighted by Gasteiger charge is -2.07. The Hall–Kier alpha value is -2.45. The molecule has 1 aromatic rings. The van der Waals surface area contributed by atoms with Crippen LogP contribution >= 0.6 is 0 Å². The lowest BCUT2D eigenvalue weighted by Crippen LogP contribution is -2.26. The Balaban J connectivity index is 2.71. The maximum absolute atomic E-state index is 10.8. The van der Waals surface area contributed by atoms with Crippen LogP contribution in [0, 0.1) is 10.1 Å². The Morgan fingerprint density at radius 3 is 2.78 bits per heavy atom. The van der Waals surface area contributed by atoms with E-state index in [0.29, 0.717) is 13.1 Å². The van der Waals surface area contributed by atoms with Crippen molar-refractivity contribution in [1.29, 1.82) is 0 Å². The molecular formula is C9H14N6O3. The first-order valence-electron chi connectivity index (χ1n) is 5.22. The van der Waals surface area contributed by atoms with Gasteiger partial charge in [0.15, 0.2) is 0 Å². The number of amides is 1. The predicted molar refractivity (Wildman–Crippen MR) is 65.4 cm³/mol. The molecule has 0 aliphatic rings. The van der Waals surface area contributed by atoms with E-state index in [1.54, 1.807) is 7.05 Å². The lowest BCUT2D eigenvalue weighted by atomic mass is 10.4. The summed E-state index contributed by atoms with van der Waals surface area (Å²) in [5.74, 6) is 0.234. The summed E-state index contributed by atoms with van der Waals surface area (Å²) in [5.41, 5.74) is -0.211. The van der Waals surface area contributed by atoms with E-state index in [4.69, 9.17) is 0 Å². The molecule has 1 amide bonds. The van der Waals surface area contributed by atoms with Crippen molar-refractivity contribution in [1.82, 2.24) is 15.3 Å². The molecule has 0 aliphatic heterocycles. The zero-order valence-electron chi connectivity index (χ0n) is 10.1. The third kappa shape index (κ3) is 3.85.